The Kier molecular flexibility index (Phi) is 5.79. The SMILES string of the molecule is Cc1cc(C)c(C(CC(C)CC(C)(C)C)NN)cc1C. The van der Waals surface area contributed by atoms with Gasteiger partial charge in [-0.05, 0) is 67.2 Å². The monoisotopic (exact) mass is 276 g/mol. The van der Waals surface area contributed by atoms with E-state index >= 15 is 0 Å². The van der Waals surface area contributed by atoms with Gasteiger partial charge in [0.15, 0.2) is 0 Å². The van der Waals surface area contributed by atoms with E-state index in [1.165, 1.54) is 28.7 Å². The van der Waals surface area contributed by atoms with Gasteiger partial charge in [0.2, 0.25) is 0 Å². The average molecular weight is 276 g/mol. The topological polar surface area (TPSA) is 38.0 Å². The number of hydrogen-bond donors (Lipinski definition) is 2. The van der Waals surface area contributed by atoms with E-state index in [2.05, 4.69) is 66.0 Å². The average Bonchev–Trinajstić information content (AvgIpc) is 2.29. The summed E-state index contributed by atoms with van der Waals surface area (Å²) >= 11 is 0. The lowest BCUT2D eigenvalue weighted by atomic mass is 9.81. The van der Waals surface area contributed by atoms with Gasteiger partial charge >= 0.3 is 0 Å². The molecule has 0 bridgehead atoms. The van der Waals surface area contributed by atoms with E-state index in [1.54, 1.807) is 0 Å². The first kappa shape index (κ1) is 17.2. The van der Waals surface area contributed by atoms with E-state index in [4.69, 9.17) is 5.84 Å². The van der Waals surface area contributed by atoms with Gasteiger partial charge in [-0.15, -0.1) is 0 Å². The van der Waals surface area contributed by atoms with Crippen LogP contribution >= 0.6 is 0 Å². The van der Waals surface area contributed by atoms with Crippen molar-refractivity contribution in [2.45, 2.75) is 67.3 Å². The predicted molar refractivity (Wildman–Crippen MR) is 88.6 cm³/mol. The minimum atomic E-state index is 0.242. The smallest absolute Gasteiger partial charge is 0.0465 e. The molecule has 3 N–H and O–H groups in total. The molecule has 0 fully saturated rings. The fourth-order valence-electron chi connectivity index (χ4n) is 3.17. The Labute approximate surface area is 125 Å². The predicted octanol–water partition coefficient (Wildman–Crippen LogP) is 4.58. The van der Waals surface area contributed by atoms with Gasteiger partial charge in [-0.3, -0.25) is 11.3 Å². The number of rotatable bonds is 5. The van der Waals surface area contributed by atoms with Crippen molar-refractivity contribution >= 4 is 0 Å². The highest BCUT2D eigenvalue weighted by molar-refractivity contribution is 5.38. The lowest BCUT2D eigenvalue weighted by Crippen LogP contribution is -2.30. The molecule has 0 amide bonds. The molecule has 20 heavy (non-hydrogen) atoms. The van der Waals surface area contributed by atoms with Crippen LogP contribution < -0.4 is 11.3 Å². The Morgan fingerprint density at radius 1 is 1.05 bits per heavy atom. The molecule has 0 saturated carbocycles. The standard InChI is InChI=1S/C18H32N2/c1-12(11-18(5,6)7)8-17(20-19)16-10-14(3)13(2)9-15(16)4/h9-10,12,17,20H,8,11,19H2,1-7H3. The summed E-state index contributed by atoms with van der Waals surface area (Å²) in [6, 6.07) is 4.80. The first-order chi connectivity index (χ1) is 9.14. The quantitative estimate of drug-likeness (QED) is 0.610. The Hall–Kier alpha value is -0.860. The van der Waals surface area contributed by atoms with Crippen LogP contribution in [0.1, 0.15) is 68.8 Å². The van der Waals surface area contributed by atoms with Crippen LogP contribution in [0.25, 0.3) is 0 Å². The van der Waals surface area contributed by atoms with E-state index in [0.29, 0.717) is 11.3 Å². The molecule has 0 spiro atoms. The maximum atomic E-state index is 5.82. The number of benzene rings is 1. The lowest BCUT2D eigenvalue weighted by molar-refractivity contribution is 0.276. The summed E-state index contributed by atoms with van der Waals surface area (Å²) in [5.41, 5.74) is 8.76. The van der Waals surface area contributed by atoms with Gasteiger partial charge in [-0.25, -0.2) is 0 Å². The van der Waals surface area contributed by atoms with Gasteiger partial charge in [0.05, 0.1) is 0 Å². The van der Waals surface area contributed by atoms with Crippen LogP contribution in [0.15, 0.2) is 12.1 Å². The first-order valence-electron chi connectivity index (χ1n) is 7.68. The van der Waals surface area contributed by atoms with Crippen LogP contribution in [0.2, 0.25) is 0 Å². The molecule has 0 radical (unpaired) electrons. The zero-order valence-electron chi connectivity index (χ0n) is 14.3. The van der Waals surface area contributed by atoms with Crippen LogP contribution in [-0.4, -0.2) is 0 Å². The van der Waals surface area contributed by atoms with Gasteiger partial charge in [-0.2, -0.15) is 0 Å². The second-order valence-corrected chi connectivity index (χ2v) is 7.62. The molecule has 2 unspecified atom stereocenters. The van der Waals surface area contributed by atoms with Crippen LogP contribution in [0.4, 0.5) is 0 Å². The van der Waals surface area contributed by atoms with E-state index < -0.39 is 0 Å². The second-order valence-electron chi connectivity index (χ2n) is 7.62. The molecule has 0 heterocycles. The maximum absolute atomic E-state index is 5.82. The third kappa shape index (κ3) is 4.92. The summed E-state index contributed by atoms with van der Waals surface area (Å²) in [5.74, 6) is 6.47. The van der Waals surface area contributed by atoms with Crippen molar-refractivity contribution in [3.8, 4) is 0 Å². The first-order valence-corrected chi connectivity index (χ1v) is 7.68. The van der Waals surface area contributed by atoms with Crippen LogP contribution in [0, 0.1) is 32.1 Å². The molecule has 114 valence electrons. The minimum Gasteiger partial charge on any atom is -0.271 e. The Morgan fingerprint density at radius 3 is 2.10 bits per heavy atom. The van der Waals surface area contributed by atoms with E-state index in [0.717, 1.165) is 6.42 Å². The van der Waals surface area contributed by atoms with Crippen molar-refractivity contribution in [2.24, 2.45) is 17.2 Å². The van der Waals surface area contributed by atoms with Crippen LogP contribution in [-0.2, 0) is 0 Å². The second kappa shape index (κ2) is 6.73. The van der Waals surface area contributed by atoms with Gasteiger partial charge in [0, 0.05) is 6.04 Å². The molecule has 0 saturated heterocycles. The molecule has 2 atom stereocenters. The molecule has 0 aliphatic heterocycles. The summed E-state index contributed by atoms with van der Waals surface area (Å²) in [4.78, 5) is 0. The normalized spacial score (nSPS) is 15.2. The third-order valence-electron chi connectivity index (χ3n) is 4.06. The van der Waals surface area contributed by atoms with Crippen LogP contribution in [0.3, 0.4) is 0 Å². The zero-order valence-corrected chi connectivity index (χ0v) is 14.3. The van der Waals surface area contributed by atoms with Crippen molar-refractivity contribution in [3.63, 3.8) is 0 Å². The zero-order chi connectivity index (χ0) is 15.5. The molecule has 1 aromatic rings. The molecule has 0 aromatic heterocycles. The summed E-state index contributed by atoms with van der Waals surface area (Å²) in [6.45, 7) is 15.7. The highest BCUT2D eigenvalue weighted by Crippen LogP contribution is 2.32. The van der Waals surface area contributed by atoms with E-state index in [1.807, 2.05) is 0 Å². The van der Waals surface area contributed by atoms with Crippen molar-refractivity contribution in [1.29, 1.82) is 0 Å². The molecule has 0 aliphatic rings. The number of aryl methyl sites for hydroxylation is 3. The van der Waals surface area contributed by atoms with Gasteiger partial charge < -0.3 is 0 Å². The molecule has 2 heteroatoms. The summed E-state index contributed by atoms with van der Waals surface area (Å²) in [6.07, 6.45) is 2.30. The van der Waals surface area contributed by atoms with Gasteiger partial charge in [0.1, 0.15) is 0 Å². The summed E-state index contributed by atoms with van der Waals surface area (Å²) < 4.78 is 0. The summed E-state index contributed by atoms with van der Waals surface area (Å²) in [5, 5.41) is 0. The van der Waals surface area contributed by atoms with Gasteiger partial charge in [0.25, 0.3) is 0 Å². The van der Waals surface area contributed by atoms with Gasteiger partial charge in [-0.1, -0.05) is 39.8 Å². The molecular weight excluding hydrogens is 244 g/mol. The number of hydrogen-bond acceptors (Lipinski definition) is 2. The Morgan fingerprint density at radius 2 is 1.60 bits per heavy atom. The number of nitrogens with two attached hydrogens (primary N) is 1. The van der Waals surface area contributed by atoms with E-state index in [-0.39, 0.29) is 6.04 Å². The van der Waals surface area contributed by atoms with Crippen molar-refractivity contribution in [3.05, 3.63) is 34.4 Å². The third-order valence-corrected chi connectivity index (χ3v) is 4.06. The molecule has 2 nitrogen and oxygen atoms in total. The summed E-state index contributed by atoms with van der Waals surface area (Å²) in [7, 11) is 0. The number of hydrazine groups is 1. The minimum absolute atomic E-state index is 0.242. The highest BCUT2D eigenvalue weighted by Gasteiger charge is 2.20. The maximum Gasteiger partial charge on any atom is 0.0465 e. The fraction of sp³-hybridized carbons (Fsp3) is 0.667. The molecule has 1 aromatic carbocycles. The van der Waals surface area contributed by atoms with Crippen molar-refractivity contribution in [1.82, 2.24) is 5.43 Å². The largest absolute Gasteiger partial charge is 0.271 e. The fourth-order valence-corrected chi connectivity index (χ4v) is 3.17. The van der Waals surface area contributed by atoms with E-state index in [9.17, 15) is 0 Å². The highest BCUT2D eigenvalue weighted by atomic mass is 15.2. The molecular formula is C18H32N2. The molecule has 0 aliphatic carbocycles. The van der Waals surface area contributed by atoms with Crippen molar-refractivity contribution in [2.75, 3.05) is 0 Å². The number of nitrogens with one attached hydrogen (secondary N) is 1. The molecule has 1 rings (SSSR count). The van der Waals surface area contributed by atoms with Crippen molar-refractivity contribution < 1.29 is 0 Å². The Bertz CT molecular complexity index is 443. The lowest BCUT2D eigenvalue weighted by Gasteiger charge is -2.27. The Balaban J connectivity index is 2.89. The van der Waals surface area contributed by atoms with Crippen LogP contribution in [0.5, 0.6) is 0 Å².